The minimum absolute atomic E-state index is 0.155. The maximum Gasteiger partial charge on any atom is 0.417 e. The van der Waals surface area contributed by atoms with E-state index >= 15 is 0 Å². The molecule has 0 radical (unpaired) electrons. The van der Waals surface area contributed by atoms with Gasteiger partial charge in [0.15, 0.2) is 5.58 Å². The van der Waals surface area contributed by atoms with Gasteiger partial charge in [0.05, 0.1) is 5.52 Å². The number of nitrogens with one attached hydrogen (secondary N) is 2. The number of nitrogens with zero attached hydrogens (tertiary/aromatic N) is 3. The Bertz CT molecular complexity index is 1120. The average molecular weight is 369 g/mol. The van der Waals surface area contributed by atoms with Crippen molar-refractivity contribution in [2.75, 3.05) is 26.2 Å². The number of rotatable bonds is 2. The number of carbonyl (C=O) groups excluding carboxylic acids is 2. The molecular weight excluding hydrogens is 354 g/mol. The molecule has 1 fully saturated rings. The summed E-state index contributed by atoms with van der Waals surface area (Å²) in [4.78, 5) is 53.1. The number of oxazole rings is 1. The van der Waals surface area contributed by atoms with Crippen LogP contribution in [0.25, 0.3) is 11.1 Å². The van der Waals surface area contributed by atoms with Gasteiger partial charge in [-0.3, -0.25) is 19.4 Å². The number of fused-ring (bicyclic) bond motifs is 1. The van der Waals surface area contributed by atoms with Crippen LogP contribution in [-0.4, -0.2) is 63.0 Å². The van der Waals surface area contributed by atoms with E-state index in [0.717, 1.165) is 0 Å². The van der Waals surface area contributed by atoms with Gasteiger partial charge in [-0.15, -0.1) is 0 Å². The van der Waals surface area contributed by atoms with Crippen molar-refractivity contribution in [2.24, 2.45) is 0 Å². The van der Waals surface area contributed by atoms with Gasteiger partial charge in [0.25, 0.3) is 17.4 Å². The molecule has 3 heterocycles. The van der Waals surface area contributed by atoms with Crippen molar-refractivity contribution in [3.63, 3.8) is 0 Å². The Labute approximate surface area is 151 Å². The number of amides is 2. The van der Waals surface area contributed by atoms with Crippen LogP contribution in [0.3, 0.4) is 0 Å². The molecule has 2 amide bonds. The lowest BCUT2D eigenvalue weighted by atomic mass is 10.1. The molecule has 0 saturated carbocycles. The van der Waals surface area contributed by atoms with Crippen molar-refractivity contribution in [1.82, 2.24) is 25.0 Å². The quantitative estimate of drug-likeness (QED) is 0.643. The predicted octanol–water partition coefficient (Wildman–Crippen LogP) is -0.197. The van der Waals surface area contributed by atoms with Crippen molar-refractivity contribution in [3.05, 3.63) is 62.5 Å². The molecule has 1 aromatic carbocycles. The molecule has 1 saturated heterocycles. The smallest absolute Gasteiger partial charge is 0.408 e. The van der Waals surface area contributed by atoms with E-state index in [1.165, 1.54) is 18.2 Å². The number of benzene rings is 1. The standard InChI is InChI=1S/C17H15N5O5/c23-14-4-3-12(19-20-14)16(25)22-7-5-21(6-8-22)15(24)10-1-2-11-13(9-10)27-17(26)18-11/h1-4,9H,5-8H2,(H,18,26)(H,20,23). The molecule has 10 heteroatoms. The number of carbonyl (C=O) groups is 2. The molecule has 1 aliphatic rings. The van der Waals surface area contributed by atoms with Gasteiger partial charge in [0.2, 0.25) is 0 Å². The molecule has 1 aliphatic heterocycles. The minimum atomic E-state index is -0.572. The Morgan fingerprint density at radius 1 is 0.963 bits per heavy atom. The minimum Gasteiger partial charge on any atom is -0.408 e. The second kappa shape index (κ2) is 6.56. The first-order valence-corrected chi connectivity index (χ1v) is 8.28. The largest absolute Gasteiger partial charge is 0.417 e. The fourth-order valence-electron chi connectivity index (χ4n) is 3.00. The summed E-state index contributed by atoms with van der Waals surface area (Å²) in [5.74, 6) is -1.07. The average Bonchev–Trinajstić information content (AvgIpc) is 3.07. The lowest BCUT2D eigenvalue weighted by Gasteiger charge is -2.34. The summed E-state index contributed by atoms with van der Waals surface area (Å²) in [6.45, 7) is 1.44. The van der Waals surface area contributed by atoms with E-state index in [2.05, 4.69) is 15.2 Å². The Balaban J connectivity index is 1.44. The Morgan fingerprint density at radius 3 is 2.33 bits per heavy atom. The van der Waals surface area contributed by atoms with Gasteiger partial charge >= 0.3 is 5.76 Å². The molecule has 4 rings (SSSR count). The highest BCUT2D eigenvalue weighted by molar-refractivity contribution is 5.97. The zero-order valence-electron chi connectivity index (χ0n) is 14.1. The van der Waals surface area contributed by atoms with Gasteiger partial charge in [-0.05, 0) is 24.3 Å². The van der Waals surface area contributed by atoms with Gasteiger partial charge in [-0.25, -0.2) is 9.89 Å². The van der Waals surface area contributed by atoms with Crippen LogP contribution in [0.5, 0.6) is 0 Å². The van der Waals surface area contributed by atoms with Gasteiger partial charge in [-0.1, -0.05) is 0 Å². The van der Waals surface area contributed by atoms with Crippen molar-refractivity contribution < 1.29 is 14.0 Å². The number of H-pyrrole nitrogens is 2. The van der Waals surface area contributed by atoms with Crippen LogP contribution in [0, 0.1) is 0 Å². The van der Waals surface area contributed by atoms with Crippen molar-refractivity contribution in [3.8, 4) is 0 Å². The van der Waals surface area contributed by atoms with E-state index in [1.807, 2.05) is 0 Å². The second-order valence-electron chi connectivity index (χ2n) is 6.12. The first-order valence-electron chi connectivity index (χ1n) is 8.28. The van der Waals surface area contributed by atoms with Crippen molar-refractivity contribution >= 4 is 22.9 Å². The molecule has 2 aromatic heterocycles. The summed E-state index contributed by atoms with van der Waals surface area (Å²) in [5, 5.41) is 5.97. The van der Waals surface area contributed by atoms with Crippen LogP contribution in [0.2, 0.25) is 0 Å². The summed E-state index contributed by atoms with van der Waals surface area (Å²) >= 11 is 0. The lowest BCUT2D eigenvalue weighted by molar-refractivity contribution is 0.0531. The Hall–Kier alpha value is -3.69. The van der Waals surface area contributed by atoms with Crippen LogP contribution in [0.1, 0.15) is 20.8 Å². The van der Waals surface area contributed by atoms with E-state index < -0.39 is 5.76 Å². The van der Waals surface area contributed by atoms with E-state index in [4.69, 9.17) is 4.42 Å². The zero-order valence-corrected chi connectivity index (χ0v) is 14.1. The molecule has 0 atom stereocenters. The fourth-order valence-corrected chi connectivity index (χ4v) is 3.00. The van der Waals surface area contributed by atoms with Gasteiger partial charge in [0, 0.05) is 37.8 Å². The van der Waals surface area contributed by atoms with Crippen molar-refractivity contribution in [2.45, 2.75) is 0 Å². The first kappa shape index (κ1) is 16.8. The Kier molecular flexibility index (Phi) is 4.07. The third-order valence-electron chi connectivity index (χ3n) is 4.42. The molecule has 2 N–H and O–H groups in total. The molecular formula is C17H15N5O5. The molecule has 3 aromatic rings. The van der Waals surface area contributed by atoms with Gasteiger partial charge < -0.3 is 14.2 Å². The number of aromatic nitrogens is 3. The number of piperazine rings is 1. The fraction of sp³-hybridized carbons (Fsp3) is 0.235. The topological polar surface area (TPSA) is 132 Å². The molecule has 0 spiro atoms. The predicted molar refractivity (Wildman–Crippen MR) is 93.5 cm³/mol. The van der Waals surface area contributed by atoms with Crippen LogP contribution in [0.4, 0.5) is 0 Å². The van der Waals surface area contributed by atoms with Crippen LogP contribution >= 0.6 is 0 Å². The first-order chi connectivity index (χ1) is 13.0. The molecule has 27 heavy (non-hydrogen) atoms. The molecule has 0 aliphatic carbocycles. The van der Waals surface area contributed by atoms with Crippen molar-refractivity contribution in [1.29, 1.82) is 0 Å². The molecule has 10 nitrogen and oxygen atoms in total. The van der Waals surface area contributed by atoms with Crippen LogP contribution in [-0.2, 0) is 0 Å². The number of aromatic amines is 2. The maximum absolute atomic E-state index is 12.7. The van der Waals surface area contributed by atoms with E-state index in [-0.39, 0.29) is 23.1 Å². The number of hydrogen-bond donors (Lipinski definition) is 2. The third-order valence-corrected chi connectivity index (χ3v) is 4.42. The second-order valence-corrected chi connectivity index (χ2v) is 6.12. The van der Waals surface area contributed by atoms with Gasteiger partial charge in [0.1, 0.15) is 5.69 Å². The highest BCUT2D eigenvalue weighted by Crippen LogP contribution is 2.15. The summed E-state index contributed by atoms with van der Waals surface area (Å²) in [7, 11) is 0. The monoisotopic (exact) mass is 369 g/mol. The summed E-state index contributed by atoms with van der Waals surface area (Å²) < 4.78 is 4.99. The number of hydrogen-bond acceptors (Lipinski definition) is 6. The van der Waals surface area contributed by atoms with Gasteiger partial charge in [-0.2, -0.15) is 5.10 Å². The van der Waals surface area contributed by atoms with E-state index in [1.54, 1.807) is 21.9 Å². The highest BCUT2D eigenvalue weighted by Gasteiger charge is 2.26. The normalized spacial score (nSPS) is 14.5. The Morgan fingerprint density at radius 2 is 1.67 bits per heavy atom. The van der Waals surface area contributed by atoms with Crippen LogP contribution < -0.4 is 11.3 Å². The SMILES string of the molecule is O=C(c1ccc2[nH]c(=O)oc2c1)N1CCN(C(=O)c2ccc(=O)[nH]n2)CC1. The highest BCUT2D eigenvalue weighted by atomic mass is 16.4. The van der Waals surface area contributed by atoms with E-state index in [9.17, 15) is 19.2 Å². The molecule has 0 bridgehead atoms. The third kappa shape index (κ3) is 3.24. The summed E-state index contributed by atoms with van der Waals surface area (Å²) in [5.41, 5.74) is 1.04. The molecule has 138 valence electrons. The maximum atomic E-state index is 12.7. The van der Waals surface area contributed by atoms with Crippen LogP contribution in [0.15, 0.2) is 44.3 Å². The zero-order chi connectivity index (χ0) is 19.0. The van der Waals surface area contributed by atoms with E-state index in [0.29, 0.717) is 42.8 Å². The summed E-state index contributed by atoms with van der Waals surface area (Å²) in [6.07, 6.45) is 0. The molecule has 0 unspecified atom stereocenters. The summed E-state index contributed by atoms with van der Waals surface area (Å²) in [6, 6.07) is 7.39. The lowest BCUT2D eigenvalue weighted by Crippen LogP contribution is -2.50.